The highest BCUT2D eigenvalue weighted by Crippen LogP contribution is 2.31. The number of halogens is 1. The molecule has 0 spiro atoms. The molecule has 5 rings (SSSR count). The fourth-order valence-electron chi connectivity index (χ4n) is 4.79. The predicted molar refractivity (Wildman–Crippen MR) is 143 cm³/mol. The minimum atomic E-state index is -0.245. The summed E-state index contributed by atoms with van der Waals surface area (Å²) in [5.41, 5.74) is 6.90. The van der Waals surface area contributed by atoms with Crippen molar-refractivity contribution in [2.75, 3.05) is 36.4 Å². The Morgan fingerprint density at radius 1 is 1.03 bits per heavy atom. The van der Waals surface area contributed by atoms with Crippen LogP contribution in [0, 0.1) is 12.7 Å². The van der Waals surface area contributed by atoms with Gasteiger partial charge in [-0.3, -0.25) is 10.2 Å². The Morgan fingerprint density at radius 2 is 1.75 bits per heavy atom. The summed E-state index contributed by atoms with van der Waals surface area (Å²) in [7, 11) is 0. The van der Waals surface area contributed by atoms with E-state index in [0.717, 1.165) is 47.5 Å². The monoisotopic (exact) mass is 505 g/mol. The normalized spacial score (nSPS) is 16.6. The molecule has 1 aromatic heterocycles. The van der Waals surface area contributed by atoms with Crippen LogP contribution in [0.5, 0.6) is 0 Å². The number of aryl methyl sites for hydroxylation is 1. The maximum atomic E-state index is 14.2. The van der Waals surface area contributed by atoms with Gasteiger partial charge < -0.3 is 19.5 Å². The lowest BCUT2D eigenvalue weighted by Crippen LogP contribution is -2.49. The first kappa shape index (κ1) is 24.0. The van der Waals surface area contributed by atoms with Gasteiger partial charge >= 0.3 is 0 Å². The van der Waals surface area contributed by atoms with Gasteiger partial charge in [0.15, 0.2) is 10.9 Å². The van der Waals surface area contributed by atoms with Gasteiger partial charge in [0.1, 0.15) is 11.6 Å². The second-order valence-corrected chi connectivity index (χ2v) is 9.34. The molecule has 1 fully saturated rings. The van der Waals surface area contributed by atoms with Crippen LogP contribution >= 0.6 is 12.2 Å². The van der Waals surface area contributed by atoms with E-state index in [2.05, 4.69) is 15.8 Å². The number of thiocarbonyl (C=S) groups is 1. The minimum absolute atomic E-state index is 0.136. The maximum absolute atomic E-state index is 14.2. The lowest BCUT2D eigenvalue weighted by molar-refractivity contribution is 0.0711. The maximum Gasteiger partial charge on any atom is 0.289 e. The number of anilines is 2. The van der Waals surface area contributed by atoms with Crippen LogP contribution < -0.4 is 15.6 Å². The summed E-state index contributed by atoms with van der Waals surface area (Å²) in [6.07, 6.45) is 2.41. The highest BCUT2D eigenvalue weighted by Gasteiger charge is 2.31. The third-order valence-electron chi connectivity index (χ3n) is 6.60. The Bertz CT molecular complexity index is 1300. The van der Waals surface area contributed by atoms with E-state index < -0.39 is 0 Å². The zero-order chi connectivity index (χ0) is 25.1. The number of furan rings is 1. The molecule has 0 bridgehead atoms. The zero-order valence-electron chi connectivity index (χ0n) is 20.1. The van der Waals surface area contributed by atoms with Crippen LogP contribution in [0.4, 0.5) is 15.8 Å². The van der Waals surface area contributed by atoms with Gasteiger partial charge in [-0.2, -0.15) is 5.10 Å². The summed E-state index contributed by atoms with van der Waals surface area (Å²) < 4.78 is 20.3. The van der Waals surface area contributed by atoms with Crippen molar-refractivity contribution in [1.29, 1.82) is 0 Å². The van der Waals surface area contributed by atoms with E-state index in [-0.39, 0.29) is 11.7 Å². The number of fused-ring (bicyclic) bond motifs is 1. The van der Waals surface area contributed by atoms with Crippen molar-refractivity contribution in [3.63, 3.8) is 0 Å². The Kier molecular flexibility index (Phi) is 6.99. The van der Waals surface area contributed by atoms with E-state index in [1.165, 1.54) is 6.07 Å². The van der Waals surface area contributed by atoms with E-state index in [0.29, 0.717) is 42.7 Å². The number of para-hydroxylation sites is 2. The molecule has 1 aliphatic carbocycles. The van der Waals surface area contributed by atoms with E-state index in [1.54, 1.807) is 17.0 Å². The fourth-order valence-corrected chi connectivity index (χ4v) is 4.95. The quantitative estimate of drug-likeness (QED) is 0.395. The number of nitrogens with one attached hydrogen (secondary N) is 2. The average Bonchev–Trinajstić information content (AvgIpc) is 3.25. The van der Waals surface area contributed by atoms with Crippen molar-refractivity contribution in [2.45, 2.75) is 26.2 Å². The van der Waals surface area contributed by atoms with Crippen molar-refractivity contribution in [3.05, 3.63) is 83.1 Å². The molecule has 0 radical (unpaired) electrons. The van der Waals surface area contributed by atoms with Gasteiger partial charge in [-0.05, 0) is 56.2 Å². The molecule has 0 atom stereocenters. The fraction of sp³-hybridized carbons (Fsp3) is 0.296. The molecule has 3 aromatic rings. The molecule has 1 amide bonds. The number of carbonyl (C=O) groups is 1. The Balaban J connectivity index is 1.27. The molecular weight excluding hydrogens is 477 g/mol. The first-order valence-electron chi connectivity index (χ1n) is 12.1. The van der Waals surface area contributed by atoms with Crippen LogP contribution in [0.3, 0.4) is 0 Å². The van der Waals surface area contributed by atoms with Gasteiger partial charge in [-0.25, -0.2) is 4.39 Å². The topological polar surface area (TPSA) is 73.1 Å². The SMILES string of the molecule is Cc1c(C(=O)N2CCN(c3ccccc3F)CC2)oc2c1/C(=N/NC(=S)Nc1ccccc1)CCC2. The third-order valence-corrected chi connectivity index (χ3v) is 6.80. The van der Waals surface area contributed by atoms with Crippen LogP contribution in [-0.2, 0) is 6.42 Å². The van der Waals surface area contributed by atoms with Gasteiger partial charge in [-0.1, -0.05) is 30.3 Å². The van der Waals surface area contributed by atoms with Crippen molar-refractivity contribution < 1.29 is 13.6 Å². The molecule has 2 aliphatic rings. The van der Waals surface area contributed by atoms with Crippen LogP contribution in [0.25, 0.3) is 0 Å². The molecule has 0 unspecified atom stereocenters. The van der Waals surface area contributed by atoms with Gasteiger partial charge in [0.2, 0.25) is 0 Å². The third kappa shape index (κ3) is 4.97. The molecule has 2 heterocycles. The van der Waals surface area contributed by atoms with E-state index in [9.17, 15) is 9.18 Å². The largest absolute Gasteiger partial charge is 0.455 e. The van der Waals surface area contributed by atoms with Crippen LogP contribution in [0.2, 0.25) is 0 Å². The molecule has 2 aromatic carbocycles. The molecule has 2 N–H and O–H groups in total. The summed E-state index contributed by atoms with van der Waals surface area (Å²) in [6, 6.07) is 16.4. The lowest BCUT2D eigenvalue weighted by Gasteiger charge is -2.35. The van der Waals surface area contributed by atoms with Gasteiger partial charge in [0.25, 0.3) is 5.91 Å². The molecule has 1 saturated heterocycles. The highest BCUT2D eigenvalue weighted by atomic mass is 32.1. The number of carbonyl (C=O) groups excluding carboxylic acids is 1. The Hall–Kier alpha value is -3.72. The summed E-state index contributed by atoms with van der Waals surface area (Å²) in [4.78, 5) is 17.1. The highest BCUT2D eigenvalue weighted by molar-refractivity contribution is 7.80. The standard InChI is InChI=1S/C27H28FN5O2S/c1-18-24-21(30-31-27(36)29-19-8-3-2-4-9-19)11-7-13-23(24)35-25(18)26(34)33-16-14-32(15-17-33)22-12-6-5-10-20(22)28/h2-6,8-10,12H,7,11,13-17H2,1H3,(H2,29,31,36)/b30-21+. The number of nitrogens with zero attached hydrogens (tertiary/aromatic N) is 3. The molecule has 36 heavy (non-hydrogen) atoms. The van der Waals surface area contributed by atoms with Gasteiger partial charge in [0.05, 0.1) is 11.4 Å². The zero-order valence-corrected chi connectivity index (χ0v) is 20.9. The molecule has 7 nitrogen and oxygen atoms in total. The van der Waals surface area contributed by atoms with Crippen molar-refractivity contribution in [1.82, 2.24) is 10.3 Å². The smallest absolute Gasteiger partial charge is 0.289 e. The molecule has 0 saturated carbocycles. The van der Waals surface area contributed by atoms with Crippen molar-refractivity contribution >= 4 is 40.3 Å². The second-order valence-electron chi connectivity index (χ2n) is 8.93. The second kappa shape index (κ2) is 10.5. The first-order chi connectivity index (χ1) is 17.5. The number of hydrazone groups is 1. The van der Waals surface area contributed by atoms with E-state index in [1.807, 2.05) is 48.2 Å². The first-order valence-corrected chi connectivity index (χ1v) is 12.5. The summed E-state index contributed by atoms with van der Waals surface area (Å²) >= 11 is 5.38. The molecule has 186 valence electrons. The number of amides is 1. The van der Waals surface area contributed by atoms with Crippen molar-refractivity contribution in [2.24, 2.45) is 5.10 Å². The van der Waals surface area contributed by atoms with Gasteiger partial charge in [0, 0.05) is 49.4 Å². The summed E-state index contributed by atoms with van der Waals surface area (Å²) in [5, 5.41) is 8.06. The molecule has 9 heteroatoms. The predicted octanol–water partition coefficient (Wildman–Crippen LogP) is 4.72. The van der Waals surface area contributed by atoms with Crippen LogP contribution in [0.1, 0.15) is 40.3 Å². The van der Waals surface area contributed by atoms with Gasteiger partial charge in [-0.15, -0.1) is 0 Å². The minimum Gasteiger partial charge on any atom is -0.455 e. The van der Waals surface area contributed by atoms with E-state index in [4.69, 9.17) is 16.6 Å². The van der Waals surface area contributed by atoms with Crippen LogP contribution in [0.15, 0.2) is 64.1 Å². The van der Waals surface area contributed by atoms with Crippen molar-refractivity contribution in [3.8, 4) is 0 Å². The number of benzene rings is 2. The van der Waals surface area contributed by atoms with E-state index >= 15 is 0 Å². The number of hydrogen-bond acceptors (Lipinski definition) is 5. The summed E-state index contributed by atoms with van der Waals surface area (Å²) in [6.45, 7) is 4.04. The van der Waals surface area contributed by atoms with Crippen LogP contribution in [-0.4, -0.2) is 47.8 Å². The Labute approximate surface area is 215 Å². The number of hydrogen-bond donors (Lipinski definition) is 2. The lowest BCUT2D eigenvalue weighted by atomic mass is 9.93. The number of piperazine rings is 1. The molecular formula is C27H28FN5O2S. The average molecular weight is 506 g/mol. The molecule has 1 aliphatic heterocycles. The Morgan fingerprint density at radius 3 is 2.50 bits per heavy atom. The summed E-state index contributed by atoms with van der Waals surface area (Å²) in [5.74, 6) is 0.767. The number of rotatable bonds is 4.